The quantitative estimate of drug-likeness (QED) is 0.834. The number of rotatable bonds is 4. The second kappa shape index (κ2) is 6.92. The Morgan fingerprint density at radius 2 is 1.81 bits per heavy atom. The van der Waals surface area contributed by atoms with Gasteiger partial charge in [0.15, 0.2) is 5.79 Å². The van der Waals surface area contributed by atoms with Crippen LogP contribution in [-0.2, 0) is 9.47 Å². The first-order chi connectivity index (χ1) is 10.3. The zero-order valence-electron chi connectivity index (χ0n) is 13.6. The molecule has 0 bridgehead atoms. The number of nitrogens with zero attached hydrogens (tertiary/aromatic N) is 2. The standard InChI is InChI=1S/C16H31N3O2/c1-3-17-14-5-6-16(20-11-12-21-16)13-15(14)19-9-7-18(4-2)8-10-19/h14-15,17H,3-13H2,1-2H3. The molecule has 3 rings (SSSR count). The zero-order valence-corrected chi connectivity index (χ0v) is 13.6. The minimum Gasteiger partial charge on any atom is -0.347 e. The summed E-state index contributed by atoms with van der Waals surface area (Å²) in [5.41, 5.74) is 0. The first-order valence-electron chi connectivity index (χ1n) is 8.74. The normalized spacial score (nSPS) is 34.6. The monoisotopic (exact) mass is 297 g/mol. The lowest BCUT2D eigenvalue weighted by atomic mass is 9.84. The minimum absolute atomic E-state index is 0.279. The van der Waals surface area contributed by atoms with E-state index in [9.17, 15) is 0 Å². The van der Waals surface area contributed by atoms with Crippen molar-refractivity contribution in [2.24, 2.45) is 0 Å². The van der Waals surface area contributed by atoms with Gasteiger partial charge in [-0.25, -0.2) is 0 Å². The van der Waals surface area contributed by atoms with E-state index in [0.29, 0.717) is 12.1 Å². The van der Waals surface area contributed by atoms with Crippen LogP contribution in [0.2, 0.25) is 0 Å². The minimum atomic E-state index is -0.279. The fourth-order valence-corrected chi connectivity index (χ4v) is 4.19. The van der Waals surface area contributed by atoms with Gasteiger partial charge >= 0.3 is 0 Å². The highest BCUT2D eigenvalue weighted by atomic mass is 16.7. The third kappa shape index (κ3) is 3.42. The Labute approximate surface area is 128 Å². The van der Waals surface area contributed by atoms with Crippen molar-refractivity contribution in [1.29, 1.82) is 0 Å². The summed E-state index contributed by atoms with van der Waals surface area (Å²) in [6.07, 6.45) is 3.22. The van der Waals surface area contributed by atoms with Crippen LogP contribution in [0, 0.1) is 0 Å². The average Bonchev–Trinajstić information content (AvgIpc) is 2.98. The third-order valence-corrected chi connectivity index (χ3v) is 5.42. The van der Waals surface area contributed by atoms with Crippen LogP contribution in [0.1, 0.15) is 33.1 Å². The predicted molar refractivity (Wildman–Crippen MR) is 83.4 cm³/mol. The lowest BCUT2D eigenvalue weighted by Crippen LogP contribution is -2.61. The first kappa shape index (κ1) is 15.7. The van der Waals surface area contributed by atoms with Crippen LogP contribution in [0.25, 0.3) is 0 Å². The molecule has 0 aromatic rings. The average molecular weight is 297 g/mol. The Hall–Kier alpha value is -0.200. The second-order valence-corrected chi connectivity index (χ2v) is 6.55. The highest BCUT2D eigenvalue weighted by Crippen LogP contribution is 2.38. The van der Waals surface area contributed by atoms with Crippen LogP contribution in [-0.4, -0.2) is 80.2 Å². The summed E-state index contributed by atoms with van der Waals surface area (Å²) < 4.78 is 12.0. The van der Waals surface area contributed by atoms with E-state index in [1.165, 1.54) is 32.7 Å². The molecule has 1 N–H and O–H groups in total. The summed E-state index contributed by atoms with van der Waals surface area (Å²) >= 11 is 0. The van der Waals surface area contributed by atoms with E-state index >= 15 is 0 Å². The SMILES string of the molecule is CCNC1CCC2(CC1N1CCN(CC)CC1)OCCO2. The van der Waals surface area contributed by atoms with Crippen molar-refractivity contribution in [3.8, 4) is 0 Å². The number of piperazine rings is 1. The molecule has 5 heteroatoms. The van der Waals surface area contributed by atoms with Crippen molar-refractivity contribution in [3.05, 3.63) is 0 Å². The van der Waals surface area contributed by atoms with E-state index in [1.54, 1.807) is 0 Å². The Kier molecular flexibility index (Phi) is 5.17. The fraction of sp³-hybridized carbons (Fsp3) is 1.00. The maximum absolute atomic E-state index is 5.98. The first-order valence-corrected chi connectivity index (χ1v) is 8.74. The lowest BCUT2D eigenvalue weighted by molar-refractivity contribution is -0.194. The molecule has 122 valence electrons. The molecule has 1 saturated carbocycles. The van der Waals surface area contributed by atoms with Crippen LogP contribution >= 0.6 is 0 Å². The third-order valence-electron chi connectivity index (χ3n) is 5.42. The van der Waals surface area contributed by atoms with Gasteiger partial charge in [0.25, 0.3) is 0 Å². The molecule has 2 aliphatic heterocycles. The second-order valence-electron chi connectivity index (χ2n) is 6.55. The van der Waals surface area contributed by atoms with Crippen molar-refractivity contribution in [1.82, 2.24) is 15.1 Å². The van der Waals surface area contributed by atoms with Gasteiger partial charge in [-0.1, -0.05) is 13.8 Å². The van der Waals surface area contributed by atoms with E-state index in [4.69, 9.17) is 9.47 Å². The van der Waals surface area contributed by atoms with Gasteiger partial charge in [0.1, 0.15) is 0 Å². The molecule has 2 saturated heterocycles. The van der Waals surface area contributed by atoms with Gasteiger partial charge in [-0.3, -0.25) is 4.90 Å². The van der Waals surface area contributed by atoms with Crippen LogP contribution < -0.4 is 5.32 Å². The van der Waals surface area contributed by atoms with Crippen LogP contribution in [0.4, 0.5) is 0 Å². The van der Waals surface area contributed by atoms with Gasteiger partial charge < -0.3 is 19.7 Å². The van der Waals surface area contributed by atoms with E-state index < -0.39 is 0 Å². The number of nitrogens with one attached hydrogen (secondary N) is 1. The fourth-order valence-electron chi connectivity index (χ4n) is 4.19. The van der Waals surface area contributed by atoms with Gasteiger partial charge in [-0.2, -0.15) is 0 Å². The van der Waals surface area contributed by atoms with Crippen molar-refractivity contribution in [3.63, 3.8) is 0 Å². The smallest absolute Gasteiger partial charge is 0.170 e. The molecular formula is C16H31N3O2. The molecular weight excluding hydrogens is 266 g/mol. The Morgan fingerprint density at radius 1 is 1.10 bits per heavy atom. The highest BCUT2D eigenvalue weighted by molar-refractivity contribution is 4.97. The van der Waals surface area contributed by atoms with Crippen LogP contribution in [0.5, 0.6) is 0 Å². The number of hydrogen-bond acceptors (Lipinski definition) is 5. The summed E-state index contributed by atoms with van der Waals surface area (Å²) in [5, 5.41) is 3.70. The molecule has 21 heavy (non-hydrogen) atoms. The summed E-state index contributed by atoms with van der Waals surface area (Å²) in [5.74, 6) is -0.279. The molecule has 3 fully saturated rings. The molecule has 1 aliphatic carbocycles. The van der Waals surface area contributed by atoms with Gasteiger partial charge in [0.05, 0.1) is 13.2 Å². The summed E-state index contributed by atoms with van der Waals surface area (Å²) in [6, 6.07) is 1.14. The molecule has 5 nitrogen and oxygen atoms in total. The van der Waals surface area contributed by atoms with E-state index in [1.807, 2.05) is 0 Å². The highest BCUT2D eigenvalue weighted by Gasteiger charge is 2.46. The number of likely N-dealkylation sites (N-methyl/N-ethyl adjacent to an activating group) is 2. The molecule has 0 aromatic heterocycles. The lowest BCUT2D eigenvalue weighted by Gasteiger charge is -2.48. The summed E-state index contributed by atoms with van der Waals surface area (Å²) in [7, 11) is 0. The van der Waals surface area contributed by atoms with Crippen LogP contribution in [0.3, 0.4) is 0 Å². The van der Waals surface area contributed by atoms with Gasteiger partial charge in [-0.15, -0.1) is 0 Å². The Bertz CT molecular complexity index is 325. The molecule has 2 unspecified atom stereocenters. The van der Waals surface area contributed by atoms with Crippen molar-refractivity contribution < 1.29 is 9.47 Å². The molecule has 0 amide bonds. The zero-order chi connectivity index (χ0) is 14.7. The summed E-state index contributed by atoms with van der Waals surface area (Å²) in [4.78, 5) is 5.21. The molecule has 2 atom stereocenters. The molecule has 2 heterocycles. The number of hydrogen-bond donors (Lipinski definition) is 1. The maximum atomic E-state index is 5.98. The Morgan fingerprint density at radius 3 is 2.43 bits per heavy atom. The largest absolute Gasteiger partial charge is 0.347 e. The van der Waals surface area contributed by atoms with Gasteiger partial charge in [-0.05, 0) is 19.5 Å². The van der Waals surface area contributed by atoms with E-state index in [2.05, 4.69) is 29.0 Å². The van der Waals surface area contributed by atoms with Gasteiger partial charge in [0, 0.05) is 51.1 Å². The predicted octanol–water partition coefficient (Wildman–Crippen LogP) is 0.898. The maximum Gasteiger partial charge on any atom is 0.170 e. The van der Waals surface area contributed by atoms with Crippen molar-refractivity contribution in [2.75, 3.05) is 52.5 Å². The van der Waals surface area contributed by atoms with E-state index in [0.717, 1.165) is 39.0 Å². The van der Waals surface area contributed by atoms with Crippen molar-refractivity contribution >= 4 is 0 Å². The van der Waals surface area contributed by atoms with E-state index in [-0.39, 0.29) is 5.79 Å². The molecule has 0 radical (unpaired) electrons. The number of ether oxygens (including phenoxy) is 2. The molecule has 3 aliphatic rings. The molecule has 1 spiro atoms. The summed E-state index contributed by atoms with van der Waals surface area (Å²) in [6.45, 7) is 13.0. The Balaban J connectivity index is 1.65. The molecule has 0 aromatic carbocycles. The topological polar surface area (TPSA) is 37.0 Å². The van der Waals surface area contributed by atoms with Crippen molar-refractivity contribution in [2.45, 2.75) is 51.0 Å². The van der Waals surface area contributed by atoms with Crippen LogP contribution in [0.15, 0.2) is 0 Å². The van der Waals surface area contributed by atoms with Gasteiger partial charge in [0.2, 0.25) is 0 Å².